The highest BCUT2D eigenvalue weighted by atomic mass is 32.1. The summed E-state index contributed by atoms with van der Waals surface area (Å²) < 4.78 is 14.3. The summed E-state index contributed by atoms with van der Waals surface area (Å²) in [4.78, 5) is 16.7. The number of nitrogens with zero attached hydrogens (tertiary/aromatic N) is 1. The third-order valence-electron chi connectivity index (χ3n) is 3.68. The van der Waals surface area contributed by atoms with Gasteiger partial charge in [0.2, 0.25) is 5.91 Å². The molecule has 1 N–H and O–H groups in total. The molecule has 0 fully saturated rings. The number of carbonyl (C=O) groups excluding carboxylic acids is 1. The van der Waals surface area contributed by atoms with Gasteiger partial charge in [-0.05, 0) is 42.0 Å². The fourth-order valence-corrected chi connectivity index (χ4v) is 4.31. The van der Waals surface area contributed by atoms with E-state index in [2.05, 4.69) is 28.7 Å². The van der Waals surface area contributed by atoms with Crippen molar-refractivity contribution in [2.24, 2.45) is 0 Å². The predicted octanol–water partition coefficient (Wildman–Crippen LogP) is 4.66. The zero-order chi connectivity index (χ0) is 17.1. The van der Waals surface area contributed by atoms with Gasteiger partial charge in [0.15, 0.2) is 0 Å². The lowest BCUT2D eigenvalue weighted by Crippen LogP contribution is -2.22. The number of nitrogens with one attached hydrogen (secondary N) is 1. The van der Waals surface area contributed by atoms with Crippen LogP contribution in [0.3, 0.4) is 0 Å². The lowest BCUT2D eigenvalue weighted by atomic mass is 10.1. The average molecular weight is 360 g/mol. The summed E-state index contributed by atoms with van der Waals surface area (Å²) in [7, 11) is 0. The maximum atomic E-state index is 14.3. The van der Waals surface area contributed by atoms with Gasteiger partial charge in [0.1, 0.15) is 10.8 Å². The standard InChI is InChI=1S/C18H17FN2OS2/c1-11-6-8-23-17(11)18-21-16(10-24-18)14-4-3-13(15(19)9-14)5-7-20-12(2)22/h3-4,6,8-10H,5,7H2,1-2H3,(H,20,22). The first-order valence-corrected chi connectivity index (χ1v) is 9.34. The molecule has 3 rings (SSSR count). The summed E-state index contributed by atoms with van der Waals surface area (Å²) in [5.41, 5.74) is 3.36. The zero-order valence-electron chi connectivity index (χ0n) is 13.4. The van der Waals surface area contributed by atoms with Crippen LogP contribution in [-0.4, -0.2) is 17.4 Å². The quantitative estimate of drug-likeness (QED) is 0.719. The summed E-state index contributed by atoms with van der Waals surface area (Å²) in [5.74, 6) is -0.370. The average Bonchev–Trinajstić information content (AvgIpc) is 3.17. The topological polar surface area (TPSA) is 42.0 Å². The molecule has 3 nitrogen and oxygen atoms in total. The SMILES string of the molecule is CC(=O)NCCc1ccc(-c2csc(-c3sccc3C)n2)cc1F. The van der Waals surface area contributed by atoms with Gasteiger partial charge in [0, 0.05) is 24.4 Å². The molecule has 0 saturated carbocycles. The summed E-state index contributed by atoms with van der Waals surface area (Å²) >= 11 is 3.24. The van der Waals surface area contributed by atoms with E-state index in [9.17, 15) is 9.18 Å². The van der Waals surface area contributed by atoms with Crippen LogP contribution < -0.4 is 5.32 Å². The molecule has 2 aromatic heterocycles. The first-order valence-electron chi connectivity index (χ1n) is 7.58. The minimum absolute atomic E-state index is 0.106. The zero-order valence-corrected chi connectivity index (χ0v) is 15.1. The molecular weight excluding hydrogens is 343 g/mol. The lowest BCUT2D eigenvalue weighted by molar-refractivity contribution is -0.118. The Bertz CT molecular complexity index is 870. The molecular formula is C18H17FN2OS2. The molecule has 24 heavy (non-hydrogen) atoms. The minimum Gasteiger partial charge on any atom is -0.356 e. The van der Waals surface area contributed by atoms with E-state index < -0.39 is 0 Å². The molecule has 0 unspecified atom stereocenters. The first-order chi connectivity index (χ1) is 11.5. The third kappa shape index (κ3) is 3.71. The highest BCUT2D eigenvalue weighted by Crippen LogP contribution is 2.34. The molecule has 3 aromatic rings. The largest absolute Gasteiger partial charge is 0.356 e. The molecule has 2 heterocycles. The Morgan fingerprint density at radius 1 is 1.29 bits per heavy atom. The van der Waals surface area contributed by atoms with Crippen LogP contribution in [0.1, 0.15) is 18.1 Å². The molecule has 0 saturated heterocycles. The molecule has 0 radical (unpaired) electrons. The van der Waals surface area contributed by atoms with Crippen molar-refractivity contribution in [3.05, 3.63) is 52.0 Å². The Hall–Kier alpha value is -2.05. The van der Waals surface area contributed by atoms with E-state index in [-0.39, 0.29) is 11.7 Å². The monoisotopic (exact) mass is 360 g/mol. The van der Waals surface area contributed by atoms with E-state index in [0.29, 0.717) is 18.5 Å². The van der Waals surface area contributed by atoms with Crippen molar-refractivity contribution in [3.63, 3.8) is 0 Å². The van der Waals surface area contributed by atoms with Crippen LogP contribution >= 0.6 is 22.7 Å². The second-order valence-electron chi connectivity index (χ2n) is 5.51. The summed E-state index contributed by atoms with van der Waals surface area (Å²) in [6.07, 6.45) is 0.475. The van der Waals surface area contributed by atoms with Gasteiger partial charge < -0.3 is 5.32 Å². The number of rotatable bonds is 5. The van der Waals surface area contributed by atoms with E-state index in [4.69, 9.17) is 0 Å². The number of thiazole rings is 1. The van der Waals surface area contributed by atoms with Crippen molar-refractivity contribution in [1.29, 1.82) is 0 Å². The van der Waals surface area contributed by atoms with E-state index in [0.717, 1.165) is 16.3 Å². The number of carbonyl (C=O) groups is 1. The van der Waals surface area contributed by atoms with Crippen molar-refractivity contribution in [3.8, 4) is 21.1 Å². The Morgan fingerprint density at radius 2 is 2.12 bits per heavy atom. The van der Waals surface area contributed by atoms with Crippen LogP contribution in [0.5, 0.6) is 0 Å². The Morgan fingerprint density at radius 3 is 2.79 bits per heavy atom. The lowest BCUT2D eigenvalue weighted by Gasteiger charge is -2.06. The minimum atomic E-state index is -0.264. The maximum Gasteiger partial charge on any atom is 0.216 e. The second-order valence-corrected chi connectivity index (χ2v) is 7.28. The molecule has 124 valence electrons. The highest BCUT2D eigenvalue weighted by Gasteiger charge is 2.12. The maximum absolute atomic E-state index is 14.3. The molecule has 1 amide bonds. The molecule has 0 aliphatic heterocycles. The van der Waals surface area contributed by atoms with E-state index >= 15 is 0 Å². The van der Waals surface area contributed by atoms with Gasteiger partial charge in [-0.15, -0.1) is 22.7 Å². The first kappa shape index (κ1) is 16.8. The molecule has 0 aliphatic rings. The number of hydrogen-bond donors (Lipinski definition) is 1. The van der Waals surface area contributed by atoms with E-state index in [1.807, 2.05) is 11.4 Å². The van der Waals surface area contributed by atoms with Gasteiger partial charge in [-0.1, -0.05) is 12.1 Å². The fraction of sp³-hybridized carbons (Fsp3) is 0.222. The van der Waals surface area contributed by atoms with Gasteiger partial charge in [-0.25, -0.2) is 9.37 Å². The third-order valence-corrected chi connectivity index (χ3v) is 5.69. The van der Waals surface area contributed by atoms with Crippen molar-refractivity contribution < 1.29 is 9.18 Å². The molecule has 0 atom stereocenters. The van der Waals surface area contributed by atoms with Crippen LogP contribution in [0.15, 0.2) is 35.0 Å². The number of benzene rings is 1. The normalized spacial score (nSPS) is 10.8. The van der Waals surface area contributed by atoms with Gasteiger partial charge in [0.25, 0.3) is 0 Å². The summed E-state index contributed by atoms with van der Waals surface area (Å²) in [5, 5.41) is 7.65. The van der Waals surface area contributed by atoms with Crippen molar-refractivity contribution in [2.45, 2.75) is 20.3 Å². The Balaban J connectivity index is 1.78. The van der Waals surface area contributed by atoms with Gasteiger partial charge in [-0.2, -0.15) is 0 Å². The number of amides is 1. The van der Waals surface area contributed by atoms with Crippen LogP contribution in [0.2, 0.25) is 0 Å². The van der Waals surface area contributed by atoms with Crippen LogP contribution in [0.4, 0.5) is 4.39 Å². The Kier molecular flexibility index (Phi) is 5.06. The molecule has 0 aliphatic carbocycles. The fourth-order valence-electron chi connectivity index (χ4n) is 2.39. The number of hydrogen-bond acceptors (Lipinski definition) is 4. The Labute approximate surface area is 148 Å². The highest BCUT2D eigenvalue weighted by molar-refractivity contribution is 7.20. The smallest absolute Gasteiger partial charge is 0.216 e. The van der Waals surface area contributed by atoms with Crippen molar-refractivity contribution in [1.82, 2.24) is 10.3 Å². The summed E-state index contributed by atoms with van der Waals surface area (Å²) in [6, 6.07) is 7.24. The number of aromatic nitrogens is 1. The molecule has 6 heteroatoms. The predicted molar refractivity (Wildman–Crippen MR) is 97.9 cm³/mol. The second kappa shape index (κ2) is 7.23. The van der Waals surface area contributed by atoms with Crippen LogP contribution in [0, 0.1) is 12.7 Å². The van der Waals surface area contributed by atoms with Gasteiger partial charge in [0.05, 0.1) is 10.6 Å². The van der Waals surface area contributed by atoms with Gasteiger partial charge in [-0.3, -0.25) is 4.79 Å². The number of thiophene rings is 1. The van der Waals surface area contributed by atoms with Crippen molar-refractivity contribution in [2.75, 3.05) is 6.54 Å². The van der Waals surface area contributed by atoms with Crippen LogP contribution in [0.25, 0.3) is 21.1 Å². The van der Waals surface area contributed by atoms with E-state index in [1.165, 1.54) is 23.4 Å². The van der Waals surface area contributed by atoms with Crippen molar-refractivity contribution >= 4 is 28.6 Å². The summed E-state index contributed by atoms with van der Waals surface area (Å²) in [6.45, 7) is 3.95. The number of aryl methyl sites for hydroxylation is 1. The van der Waals surface area contributed by atoms with Crippen LogP contribution in [-0.2, 0) is 11.2 Å². The molecule has 0 spiro atoms. The van der Waals surface area contributed by atoms with E-state index in [1.54, 1.807) is 28.7 Å². The molecule has 0 bridgehead atoms. The number of halogens is 1. The van der Waals surface area contributed by atoms with Gasteiger partial charge >= 0.3 is 0 Å². The molecule has 1 aromatic carbocycles.